The second kappa shape index (κ2) is 6.84. The highest BCUT2D eigenvalue weighted by Crippen LogP contribution is 2.16. The molecule has 0 atom stereocenters. The van der Waals surface area contributed by atoms with Gasteiger partial charge in [0.05, 0.1) is 30.1 Å². The minimum Gasteiger partial charge on any atom is -0.481 e. The van der Waals surface area contributed by atoms with E-state index in [1.165, 1.54) is 22.1 Å². The molecule has 1 amide bonds. The molecule has 0 radical (unpaired) electrons. The van der Waals surface area contributed by atoms with E-state index in [9.17, 15) is 9.59 Å². The zero-order valence-electron chi connectivity index (χ0n) is 12.5. The van der Waals surface area contributed by atoms with Crippen molar-refractivity contribution < 1.29 is 14.7 Å². The molecule has 1 aromatic heterocycles. The van der Waals surface area contributed by atoms with Crippen LogP contribution in [0.15, 0.2) is 36.7 Å². The van der Waals surface area contributed by atoms with Gasteiger partial charge in [-0.3, -0.25) is 9.59 Å². The molecule has 1 heterocycles. The van der Waals surface area contributed by atoms with Gasteiger partial charge in [0.15, 0.2) is 0 Å². The second-order valence-corrected chi connectivity index (χ2v) is 5.07. The zero-order chi connectivity index (χ0) is 16.1. The zero-order valence-corrected chi connectivity index (χ0v) is 12.5. The first kappa shape index (κ1) is 15.7. The predicted molar refractivity (Wildman–Crippen MR) is 79.8 cm³/mol. The lowest BCUT2D eigenvalue weighted by molar-refractivity contribution is -0.137. The van der Waals surface area contributed by atoms with E-state index < -0.39 is 5.97 Å². The summed E-state index contributed by atoms with van der Waals surface area (Å²) in [6, 6.07) is 6.90. The van der Waals surface area contributed by atoms with Crippen LogP contribution in [0.3, 0.4) is 0 Å². The van der Waals surface area contributed by atoms with Crippen molar-refractivity contribution in [1.82, 2.24) is 19.9 Å². The summed E-state index contributed by atoms with van der Waals surface area (Å²) in [7, 11) is 0. The Labute approximate surface area is 128 Å². The van der Waals surface area contributed by atoms with Gasteiger partial charge < -0.3 is 10.0 Å². The van der Waals surface area contributed by atoms with E-state index in [0.717, 1.165) is 0 Å². The van der Waals surface area contributed by atoms with Gasteiger partial charge in [-0.25, -0.2) is 0 Å². The number of aromatic nitrogens is 3. The normalized spacial score (nSPS) is 10.7. The fourth-order valence-corrected chi connectivity index (χ4v) is 2.13. The van der Waals surface area contributed by atoms with Crippen LogP contribution >= 0.6 is 0 Å². The molecule has 0 saturated carbocycles. The van der Waals surface area contributed by atoms with Crippen molar-refractivity contribution in [2.24, 2.45) is 0 Å². The number of carboxylic acid groups (broad SMARTS) is 1. The molecule has 1 aromatic carbocycles. The van der Waals surface area contributed by atoms with Crippen LogP contribution in [0.5, 0.6) is 0 Å². The third-order valence-corrected chi connectivity index (χ3v) is 3.22. The van der Waals surface area contributed by atoms with Crippen molar-refractivity contribution in [1.29, 1.82) is 0 Å². The number of benzene rings is 1. The van der Waals surface area contributed by atoms with Gasteiger partial charge in [-0.15, -0.1) is 0 Å². The van der Waals surface area contributed by atoms with Crippen molar-refractivity contribution in [3.8, 4) is 5.69 Å². The smallest absolute Gasteiger partial charge is 0.305 e. The largest absolute Gasteiger partial charge is 0.481 e. The molecule has 7 nitrogen and oxygen atoms in total. The first-order valence-corrected chi connectivity index (χ1v) is 6.99. The van der Waals surface area contributed by atoms with Gasteiger partial charge in [0.25, 0.3) is 5.91 Å². The summed E-state index contributed by atoms with van der Waals surface area (Å²) in [5, 5.41) is 16.9. The molecular weight excluding hydrogens is 284 g/mol. The maximum atomic E-state index is 12.8. The lowest BCUT2D eigenvalue weighted by Crippen LogP contribution is -2.39. The third kappa shape index (κ3) is 3.49. The highest BCUT2D eigenvalue weighted by molar-refractivity contribution is 5.98. The van der Waals surface area contributed by atoms with Crippen LogP contribution in [-0.2, 0) is 4.79 Å². The Hall–Kier alpha value is -2.70. The van der Waals surface area contributed by atoms with Crippen molar-refractivity contribution in [2.45, 2.75) is 26.3 Å². The van der Waals surface area contributed by atoms with E-state index >= 15 is 0 Å². The van der Waals surface area contributed by atoms with E-state index in [0.29, 0.717) is 11.3 Å². The van der Waals surface area contributed by atoms with Crippen LogP contribution in [0, 0.1) is 0 Å². The van der Waals surface area contributed by atoms with E-state index in [4.69, 9.17) is 5.11 Å². The van der Waals surface area contributed by atoms with E-state index in [1.54, 1.807) is 24.3 Å². The summed E-state index contributed by atoms with van der Waals surface area (Å²) < 4.78 is 0. The number of carbonyl (C=O) groups is 2. The van der Waals surface area contributed by atoms with E-state index in [2.05, 4.69) is 10.2 Å². The van der Waals surface area contributed by atoms with Gasteiger partial charge in [0.1, 0.15) is 0 Å². The van der Waals surface area contributed by atoms with Crippen molar-refractivity contribution in [2.75, 3.05) is 6.54 Å². The molecule has 0 aliphatic carbocycles. The SMILES string of the molecule is CC(C)N(CCC(=O)O)C(=O)c1ccccc1-n1nccn1. The van der Waals surface area contributed by atoms with Crippen molar-refractivity contribution in [3.63, 3.8) is 0 Å². The molecule has 7 heteroatoms. The van der Waals surface area contributed by atoms with Gasteiger partial charge in [-0.1, -0.05) is 12.1 Å². The quantitative estimate of drug-likeness (QED) is 0.875. The van der Waals surface area contributed by atoms with Crippen molar-refractivity contribution >= 4 is 11.9 Å². The summed E-state index contributed by atoms with van der Waals surface area (Å²) in [5.41, 5.74) is 1.01. The number of nitrogens with zero attached hydrogens (tertiary/aromatic N) is 4. The lowest BCUT2D eigenvalue weighted by atomic mass is 10.1. The Bertz CT molecular complexity index is 653. The average molecular weight is 302 g/mol. The standard InChI is InChI=1S/C15H18N4O3/c1-11(2)18(10-7-14(20)21)15(22)12-5-3-4-6-13(12)19-16-8-9-17-19/h3-6,8-9,11H,7,10H2,1-2H3,(H,20,21). The summed E-state index contributed by atoms with van der Waals surface area (Å²) in [4.78, 5) is 26.5. The maximum absolute atomic E-state index is 12.8. The van der Waals surface area contributed by atoms with Crippen LogP contribution in [0.2, 0.25) is 0 Å². The molecule has 0 aliphatic rings. The molecule has 2 rings (SSSR count). The molecule has 0 fully saturated rings. The van der Waals surface area contributed by atoms with Gasteiger partial charge in [0, 0.05) is 12.6 Å². The van der Waals surface area contributed by atoms with Gasteiger partial charge >= 0.3 is 5.97 Å². The number of carbonyl (C=O) groups excluding carboxylic acids is 1. The number of carboxylic acids is 1. The first-order valence-electron chi connectivity index (χ1n) is 6.99. The molecule has 116 valence electrons. The van der Waals surface area contributed by atoms with E-state index in [-0.39, 0.29) is 24.9 Å². The van der Waals surface area contributed by atoms with Crippen LogP contribution in [0.25, 0.3) is 5.69 Å². The van der Waals surface area contributed by atoms with E-state index in [1.807, 2.05) is 13.8 Å². The lowest BCUT2D eigenvalue weighted by Gasteiger charge is -2.27. The third-order valence-electron chi connectivity index (χ3n) is 3.22. The van der Waals surface area contributed by atoms with Crippen LogP contribution < -0.4 is 0 Å². The molecule has 22 heavy (non-hydrogen) atoms. The minimum atomic E-state index is -0.930. The van der Waals surface area contributed by atoms with Crippen LogP contribution in [-0.4, -0.2) is 49.5 Å². The van der Waals surface area contributed by atoms with Crippen LogP contribution in [0.4, 0.5) is 0 Å². The monoisotopic (exact) mass is 302 g/mol. The molecule has 0 bridgehead atoms. The summed E-state index contributed by atoms with van der Waals surface area (Å²) >= 11 is 0. The molecule has 0 saturated heterocycles. The fourth-order valence-electron chi connectivity index (χ4n) is 2.13. The summed E-state index contributed by atoms with van der Waals surface area (Å²) in [6.45, 7) is 3.87. The summed E-state index contributed by atoms with van der Waals surface area (Å²) in [6.07, 6.45) is 2.98. The minimum absolute atomic E-state index is 0.0912. The number of rotatable bonds is 6. The van der Waals surface area contributed by atoms with Gasteiger partial charge in [0.2, 0.25) is 0 Å². The maximum Gasteiger partial charge on any atom is 0.305 e. The molecule has 0 spiro atoms. The fraction of sp³-hybridized carbons (Fsp3) is 0.333. The molecule has 0 unspecified atom stereocenters. The molecule has 0 aliphatic heterocycles. The van der Waals surface area contributed by atoms with Gasteiger partial charge in [-0.2, -0.15) is 15.0 Å². The Morgan fingerprint density at radius 2 is 1.86 bits per heavy atom. The Morgan fingerprint density at radius 1 is 1.23 bits per heavy atom. The number of hydrogen-bond acceptors (Lipinski definition) is 4. The first-order chi connectivity index (χ1) is 10.5. The number of hydrogen-bond donors (Lipinski definition) is 1. The van der Waals surface area contributed by atoms with Crippen LogP contribution in [0.1, 0.15) is 30.6 Å². The number of para-hydroxylation sites is 1. The molecule has 2 aromatic rings. The summed E-state index contributed by atoms with van der Waals surface area (Å²) in [5.74, 6) is -1.16. The molecular formula is C15H18N4O3. The number of aliphatic carboxylic acids is 1. The molecule has 1 N–H and O–H groups in total. The average Bonchev–Trinajstić information content (AvgIpc) is 3.00. The highest BCUT2D eigenvalue weighted by Gasteiger charge is 2.22. The van der Waals surface area contributed by atoms with Gasteiger partial charge in [-0.05, 0) is 26.0 Å². The Balaban J connectivity index is 2.33. The predicted octanol–water partition coefficient (Wildman–Crippen LogP) is 1.59. The highest BCUT2D eigenvalue weighted by atomic mass is 16.4. The Kier molecular flexibility index (Phi) is 4.88. The number of amides is 1. The second-order valence-electron chi connectivity index (χ2n) is 5.07. The Morgan fingerprint density at radius 3 is 2.45 bits per heavy atom. The van der Waals surface area contributed by atoms with Crippen molar-refractivity contribution in [3.05, 3.63) is 42.2 Å². The topological polar surface area (TPSA) is 88.3 Å².